The van der Waals surface area contributed by atoms with E-state index in [0.717, 1.165) is 46.0 Å². The molecule has 0 aromatic carbocycles. The summed E-state index contributed by atoms with van der Waals surface area (Å²) in [5.41, 5.74) is 0. The summed E-state index contributed by atoms with van der Waals surface area (Å²) < 4.78 is 0. The molecule has 5 rings (SSSR count). The van der Waals surface area contributed by atoms with E-state index < -0.39 is 0 Å². The summed E-state index contributed by atoms with van der Waals surface area (Å²) in [5.74, 6) is 6.40. The van der Waals surface area contributed by atoms with Crippen molar-refractivity contribution in [3.63, 3.8) is 0 Å². The summed E-state index contributed by atoms with van der Waals surface area (Å²) in [4.78, 5) is 0. The fraction of sp³-hybridized carbons (Fsp3) is 1.00. The first-order chi connectivity index (χ1) is 13.9. The van der Waals surface area contributed by atoms with E-state index >= 15 is 0 Å². The zero-order valence-electron chi connectivity index (χ0n) is 18.3. The lowest BCUT2D eigenvalue weighted by Gasteiger charge is -2.41. The first-order valence-electron chi connectivity index (χ1n) is 13.2. The van der Waals surface area contributed by atoms with Gasteiger partial charge in [0.25, 0.3) is 0 Å². The molecular formula is C26H45NS. The van der Waals surface area contributed by atoms with E-state index in [1.807, 2.05) is 0 Å². The molecule has 2 heteroatoms. The minimum absolute atomic E-state index is 0.987. The maximum Gasteiger partial charge on any atom is 0.00814 e. The molecule has 4 saturated carbocycles. The maximum atomic E-state index is 3.88. The minimum Gasteiger partial charge on any atom is -0.316 e. The lowest BCUT2D eigenvalue weighted by molar-refractivity contribution is 0.116. The third-order valence-corrected chi connectivity index (χ3v) is 11.5. The van der Waals surface area contributed by atoms with Crippen LogP contribution in [0.3, 0.4) is 0 Å². The molecule has 1 nitrogen and oxygen atoms in total. The average Bonchev–Trinajstić information content (AvgIpc) is 3.13. The highest BCUT2D eigenvalue weighted by atomic mass is 32.2. The predicted molar refractivity (Wildman–Crippen MR) is 123 cm³/mol. The normalized spacial score (nSPS) is 44.8. The quantitative estimate of drug-likeness (QED) is 0.527. The van der Waals surface area contributed by atoms with Gasteiger partial charge in [0.1, 0.15) is 0 Å². The SMILES string of the molecule is C1CCC(CNCC2CCC(C3CCC4S[C@H]5CCCCC5C4C3)CC2)CC1. The van der Waals surface area contributed by atoms with Crippen LogP contribution in [-0.4, -0.2) is 23.6 Å². The maximum absolute atomic E-state index is 3.88. The molecular weight excluding hydrogens is 358 g/mol. The van der Waals surface area contributed by atoms with Gasteiger partial charge in [-0.3, -0.25) is 0 Å². The standard InChI is InChI=1S/C26H45NS/c1-2-6-19(7-3-1)17-27-18-20-10-12-21(13-11-20)22-14-15-26-24(16-22)23-8-4-5-9-25(23)28-26/h19-27H,1-18H2/t20?,21?,22?,23?,24?,25-,26?/m0/s1. The third-order valence-electron chi connectivity index (χ3n) is 9.68. The molecule has 5 atom stereocenters. The Morgan fingerprint density at radius 2 is 1.18 bits per heavy atom. The van der Waals surface area contributed by atoms with Crippen molar-refractivity contribution in [1.82, 2.24) is 5.32 Å². The van der Waals surface area contributed by atoms with Gasteiger partial charge in [0.05, 0.1) is 0 Å². The predicted octanol–water partition coefficient (Wildman–Crippen LogP) is 7.05. The minimum atomic E-state index is 0.987. The van der Waals surface area contributed by atoms with Crippen LogP contribution in [0.4, 0.5) is 0 Å². The van der Waals surface area contributed by atoms with E-state index in [0.29, 0.717) is 0 Å². The lowest BCUT2D eigenvalue weighted by atomic mass is 9.65. The second kappa shape index (κ2) is 9.63. The molecule has 0 radical (unpaired) electrons. The molecule has 1 heterocycles. The van der Waals surface area contributed by atoms with Crippen LogP contribution >= 0.6 is 11.8 Å². The van der Waals surface area contributed by atoms with Gasteiger partial charge in [-0.25, -0.2) is 0 Å². The summed E-state index contributed by atoms with van der Waals surface area (Å²) in [6.07, 6.45) is 24.5. The van der Waals surface area contributed by atoms with E-state index in [2.05, 4.69) is 17.1 Å². The highest BCUT2D eigenvalue weighted by Crippen LogP contribution is 2.57. The summed E-state index contributed by atoms with van der Waals surface area (Å²) in [6.45, 7) is 2.63. The molecule has 0 spiro atoms. The van der Waals surface area contributed by atoms with Crippen LogP contribution in [0.2, 0.25) is 0 Å². The van der Waals surface area contributed by atoms with E-state index in [4.69, 9.17) is 0 Å². The van der Waals surface area contributed by atoms with Crippen molar-refractivity contribution < 1.29 is 0 Å². The van der Waals surface area contributed by atoms with Gasteiger partial charge in [-0.1, -0.05) is 32.1 Å². The van der Waals surface area contributed by atoms with Crippen LogP contribution in [0.15, 0.2) is 0 Å². The second-order valence-corrected chi connectivity index (χ2v) is 12.8. The topological polar surface area (TPSA) is 12.0 Å². The highest BCUT2D eigenvalue weighted by Gasteiger charge is 2.48. The zero-order valence-corrected chi connectivity index (χ0v) is 19.1. The van der Waals surface area contributed by atoms with E-state index in [-0.39, 0.29) is 0 Å². The molecule has 4 aliphatic carbocycles. The Balaban J connectivity index is 1.04. The van der Waals surface area contributed by atoms with Crippen molar-refractivity contribution in [1.29, 1.82) is 0 Å². The Kier molecular flexibility index (Phi) is 6.96. The molecule has 1 saturated heterocycles. The molecule has 0 aromatic heterocycles. The molecule has 0 amide bonds. The number of nitrogens with one attached hydrogen (secondary N) is 1. The average molecular weight is 404 g/mol. The monoisotopic (exact) mass is 403 g/mol. The molecule has 160 valence electrons. The lowest BCUT2D eigenvalue weighted by Crippen LogP contribution is -2.35. The molecule has 1 N–H and O–H groups in total. The van der Waals surface area contributed by atoms with Crippen molar-refractivity contribution in [2.24, 2.45) is 35.5 Å². The summed E-state index contributed by atoms with van der Waals surface area (Å²) in [6, 6.07) is 0. The Hall–Kier alpha value is 0.310. The molecule has 5 fully saturated rings. The van der Waals surface area contributed by atoms with Gasteiger partial charge in [-0.15, -0.1) is 0 Å². The van der Waals surface area contributed by atoms with Crippen molar-refractivity contribution in [2.45, 2.75) is 113 Å². The van der Waals surface area contributed by atoms with Gasteiger partial charge in [-0.05, 0) is 119 Å². The van der Waals surface area contributed by atoms with Crippen LogP contribution in [0.5, 0.6) is 0 Å². The molecule has 28 heavy (non-hydrogen) atoms. The van der Waals surface area contributed by atoms with Gasteiger partial charge < -0.3 is 5.32 Å². The van der Waals surface area contributed by atoms with Crippen LogP contribution in [-0.2, 0) is 0 Å². The second-order valence-electron chi connectivity index (χ2n) is 11.3. The van der Waals surface area contributed by atoms with Gasteiger partial charge in [0.2, 0.25) is 0 Å². The van der Waals surface area contributed by atoms with E-state index in [9.17, 15) is 0 Å². The largest absolute Gasteiger partial charge is 0.316 e. The van der Waals surface area contributed by atoms with E-state index in [1.165, 1.54) is 70.9 Å². The van der Waals surface area contributed by atoms with Crippen molar-refractivity contribution in [2.75, 3.05) is 13.1 Å². The van der Waals surface area contributed by atoms with E-state index in [1.54, 1.807) is 44.9 Å². The molecule has 0 bridgehead atoms. The Morgan fingerprint density at radius 1 is 0.536 bits per heavy atom. The smallest absolute Gasteiger partial charge is 0.00814 e. The van der Waals surface area contributed by atoms with Crippen LogP contribution < -0.4 is 5.32 Å². The van der Waals surface area contributed by atoms with Gasteiger partial charge in [-0.2, -0.15) is 11.8 Å². The summed E-state index contributed by atoms with van der Waals surface area (Å²) in [5, 5.41) is 6.00. The summed E-state index contributed by atoms with van der Waals surface area (Å²) in [7, 11) is 0. The number of hydrogen-bond donors (Lipinski definition) is 1. The van der Waals surface area contributed by atoms with Crippen molar-refractivity contribution in [3.05, 3.63) is 0 Å². The zero-order chi connectivity index (χ0) is 18.8. The Bertz CT molecular complexity index is 479. The highest BCUT2D eigenvalue weighted by molar-refractivity contribution is 8.00. The number of fused-ring (bicyclic) bond motifs is 3. The fourth-order valence-electron chi connectivity index (χ4n) is 8.01. The summed E-state index contributed by atoms with van der Waals surface area (Å²) >= 11 is 2.44. The molecule has 5 aliphatic rings. The Morgan fingerprint density at radius 3 is 2.00 bits per heavy atom. The first-order valence-corrected chi connectivity index (χ1v) is 14.2. The van der Waals surface area contributed by atoms with Crippen LogP contribution in [0.1, 0.15) is 103 Å². The van der Waals surface area contributed by atoms with Gasteiger partial charge >= 0.3 is 0 Å². The number of thioether (sulfide) groups is 1. The van der Waals surface area contributed by atoms with Gasteiger partial charge in [0.15, 0.2) is 0 Å². The van der Waals surface area contributed by atoms with Gasteiger partial charge in [0, 0.05) is 10.5 Å². The molecule has 0 aromatic rings. The van der Waals surface area contributed by atoms with Crippen LogP contribution in [0, 0.1) is 35.5 Å². The first kappa shape index (κ1) is 20.2. The van der Waals surface area contributed by atoms with Crippen molar-refractivity contribution >= 4 is 11.8 Å². The molecule has 4 unspecified atom stereocenters. The number of rotatable bonds is 5. The Labute approximate surface area is 179 Å². The molecule has 1 aliphatic heterocycles. The van der Waals surface area contributed by atoms with Crippen molar-refractivity contribution in [3.8, 4) is 0 Å². The number of hydrogen-bond acceptors (Lipinski definition) is 2. The van der Waals surface area contributed by atoms with Crippen LogP contribution in [0.25, 0.3) is 0 Å². The fourth-order valence-corrected chi connectivity index (χ4v) is 10.1. The third kappa shape index (κ3) is 4.63.